The average molecular weight is 481 g/mol. The van der Waals surface area contributed by atoms with Crippen LogP contribution >= 0.6 is 7.80 Å². The maximum Gasteiger partial charge on any atom is 0.126 e. The summed E-state index contributed by atoms with van der Waals surface area (Å²) in [6, 6.07) is 9.17. The average Bonchev–Trinajstić information content (AvgIpc) is 2.68. The molecule has 34 heavy (non-hydrogen) atoms. The van der Waals surface area contributed by atoms with Gasteiger partial charge in [-0.3, -0.25) is 7.57 Å². The lowest BCUT2D eigenvalue weighted by Gasteiger charge is -2.33. The van der Waals surface area contributed by atoms with Gasteiger partial charge in [-0.1, -0.05) is 83.1 Å². The predicted molar refractivity (Wildman–Crippen MR) is 154 cm³/mol. The quantitative estimate of drug-likeness (QED) is 0.341. The van der Waals surface area contributed by atoms with Gasteiger partial charge in [-0.15, -0.1) is 0 Å². The van der Waals surface area contributed by atoms with Crippen molar-refractivity contribution in [2.45, 2.75) is 105 Å². The maximum absolute atomic E-state index is 7.17. The summed E-state index contributed by atoms with van der Waals surface area (Å²) in [4.78, 5) is 0. The maximum atomic E-state index is 7.17. The lowest BCUT2D eigenvalue weighted by atomic mass is 9.79. The van der Waals surface area contributed by atoms with Gasteiger partial charge >= 0.3 is 0 Å². The Hall–Kier alpha value is -1.47. The van der Waals surface area contributed by atoms with Crippen molar-refractivity contribution in [2.24, 2.45) is 0 Å². The number of benzene rings is 2. The molecule has 0 spiro atoms. The molecule has 0 saturated carbocycles. The first-order chi connectivity index (χ1) is 15.2. The molecule has 0 amide bonds. The molecule has 0 bridgehead atoms. The first kappa shape index (κ1) is 28.8. The van der Waals surface area contributed by atoms with Gasteiger partial charge in [0.25, 0.3) is 0 Å². The van der Waals surface area contributed by atoms with E-state index < -0.39 is 7.80 Å². The minimum Gasteiger partial charge on any atom is -0.496 e. The monoisotopic (exact) mass is 481 g/mol. The van der Waals surface area contributed by atoms with Crippen molar-refractivity contribution in [3.63, 3.8) is 0 Å². The van der Waals surface area contributed by atoms with E-state index in [1.165, 1.54) is 32.9 Å². The topological polar surface area (TPSA) is 18.5 Å². The molecule has 0 atom stereocenters. The van der Waals surface area contributed by atoms with Crippen LogP contribution in [0.15, 0.2) is 24.3 Å². The van der Waals surface area contributed by atoms with Gasteiger partial charge in [0.05, 0.1) is 14.2 Å². The van der Waals surface area contributed by atoms with Crippen LogP contribution in [0, 0.1) is 0 Å². The molecule has 0 heterocycles. The van der Waals surface area contributed by atoms with Crippen LogP contribution in [0.3, 0.4) is 0 Å². The molecule has 187 valence electrons. The highest BCUT2D eigenvalue weighted by Gasteiger charge is 2.31. The van der Waals surface area contributed by atoms with Gasteiger partial charge in [-0.25, -0.2) is 0 Å². The van der Waals surface area contributed by atoms with Crippen molar-refractivity contribution in [1.29, 1.82) is 0 Å². The van der Waals surface area contributed by atoms with Crippen molar-refractivity contribution >= 4 is 26.0 Å². The van der Waals surface area contributed by atoms with Crippen LogP contribution in [0.4, 0.5) is 0 Å². The molecule has 2 rings (SSSR count). The van der Waals surface area contributed by atoms with Crippen LogP contribution in [-0.4, -0.2) is 21.8 Å². The Balaban J connectivity index is 2.90. The van der Waals surface area contributed by atoms with Crippen LogP contribution in [-0.2, 0) is 21.7 Å². The zero-order valence-electron chi connectivity index (χ0n) is 24.2. The number of hydrogen-bond acceptors (Lipinski definition) is 2. The molecule has 3 radical (unpaired) electrons. The molecule has 0 aliphatic rings. The third kappa shape index (κ3) is 6.02. The van der Waals surface area contributed by atoms with E-state index >= 15 is 0 Å². The second-order valence-corrected chi connectivity index (χ2v) is 15.6. The SMILES string of the molecule is [B-][PH+](c1cc(C(C)(C)C)c(OC)c(C(C)(C)C)c1)c1cc(C(C)(C)C)c(OC)c(C(C)(C)C)c1. The molecule has 2 aromatic rings. The van der Waals surface area contributed by atoms with Crippen LogP contribution in [0.1, 0.15) is 105 Å². The van der Waals surface area contributed by atoms with Crippen molar-refractivity contribution in [3.05, 3.63) is 46.5 Å². The van der Waals surface area contributed by atoms with Gasteiger partial charge in [0, 0.05) is 32.9 Å². The second kappa shape index (κ2) is 9.53. The lowest BCUT2D eigenvalue weighted by Crippen LogP contribution is -2.26. The highest BCUT2D eigenvalue weighted by Crippen LogP contribution is 2.44. The molecular formula is C30H47BO2P. The van der Waals surface area contributed by atoms with Gasteiger partial charge in [-0.2, -0.15) is 7.80 Å². The van der Waals surface area contributed by atoms with Gasteiger partial charge in [0.15, 0.2) is 0 Å². The standard InChI is InChI=1S/C30H47BO2P/c1-27(2,3)21-15-19(16-22(25(21)32-13)28(4,5)6)34(31)20-17-23(29(7,8)9)26(33-14)24(18-20)30(10,11)12/h15-18,34H,1-14H3. The van der Waals surface area contributed by atoms with Crippen molar-refractivity contribution in [3.8, 4) is 11.5 Å². The van der Waals surface area contributed by atoms with Gasteiger partial charge in [0.1, 0.15) is 11.5 Å². The predicted octanol–water partition coefficient (Wildman–Crippen LogP) is 7.14. The van der Waals surface area contributed by atoms with Crippen LogP contribution in [0.25, 0.3) is 0 Å². The molecule has 2 nitrogen and oxygen atoms in total. The third-order valence-electron chi connectivity index (χ3n) is 6.44. The molecular weight excluding hydrogens is 434 g/mol. The summed E-state index contributed by atoms with van der Waals surface area (Å²) in [5.74, 6) is 1.97. The van der Waals surface area contributed by atoms with Crippen molar-refractivity contribution < 1.29 is 9.47 Å². The zero-order chi connectivity index (χ0) is 26.4. The number of methoxy groups -OCH3 is 2. The highest BCUT2D eigenvalue weighted by molar-refractivity contribution is 7.94. The fourth-order valence-corrected chi connectivity index (χ4v) is 5.94. The first-order valence-corrected chi connectivity index (χ1v) is 13.9. The summed E-state index contributed by atoms with van der Waals surface area (Å²) >= 11 is 0. The Labute approximate surface area is 212 Å². The summed E-state index contributed by atoms with van der Waals surface area (Å²) < 4.78 is 12.0. The van der Waals surface area contributed by atoms with E-state index in [4.69, 9.17) is 17.0 Å². The first-order valence-electron chi connectivity index (χ1n) is 12.3. The van der Waals surface area contributed by atoms with Crippen LogP contribution in [0.5, 0.6) is 11.5 Å². The molecule has 0 saturated heterocycles. The molecule has 0 unspecified atom stereocenters. The fraction of sp³-hybridized carbons (Fsp3) is 0.600. The minimum absolute atomic E-state index is 0.0590. The van der Waals surface area contributed by atoms with E-state index in [-0.39, 0.29) is 21.7 Å². The van der Waals surface area contributed by atoms with E-state index in [9.17, 15) is 0 Å². The van der Waals surface area contributed by atoms with E-state index in [2.05, 4.69) is 107 Å². The second-order valence-electron chi connectivity index (χ2n) is 13.6. The summed E-state index contributed by atoms with van der Waals surface area (Å²) in [6.45, 7) is 26.9. The lowest BCUT2D eigenvalue weighted by molar-refractivity contribution is 0.381. The van der Waals surface area contributed by atoms with E-state index in [0.29, 0.717) is 0 Å². The third-order valence-corrected chi connectivity index (χ3v) is 8.26. The Morgan fingerprint density at radius 3 is 0.853 bits per heavy atom. The highest BCUT2D eigenvalue weighted by atomic mass is 31.1. The largest absolute Gasteiger partial charge is 0.496 e. The van der Waals surface area contributed by atoms with Gasteiger partial charge in [0.2, 0.25) is 0 Å². The number of ether oxygens (including phenoxy) is 2. The Kier molecular flexibility index (Phi) is 8.07. The van der Waals surface area contributed by atoms with Crippen LogP contribution in [0.2, 0.25) is 0 Å². The smallest absolute Gasteiger partial charge is 0.126 e. The van der Waals surface area contributed by atoms with Gasteiger partial charge < -0.3 is 9.47 Å². The molecule has 0 aliphatic heterocycles. The van der Waals surface area contributed by atoms with E-state index in [1.54, 1.807) is 14.2 Å². The zero-order valence-corrected chi connectivity index (χ0v) is 25.2. The van der Waals surface area contributed by atoms with Crippen molar-refractivity contribution in [2.75, 3.05) is 14.2 Å². The number of rotatable bonds is 4. The molecule has 4 heteroatoms. The van der Waals surface area contributed by atoms with E-state index in [0.717, 1.165) is 11.5 Å². The summed E-state index contributed by atoms with van der Waals surface area (Å²) in [7, 11) is 9.20. The van der Waals surface area contributed by atoms with Gasteiger partial charge in [-0.05, 0) is 45.9 Å². The van der Waals surface area contributed by atoms with Crippen LogP contribution < -0.4 is 20.1 Å². The van der Waals surface area contributed by atoms with Crippen molar-refractivity contribution in [1.82, 2.24) is 0 Å². The molecule has 0 fully saturated rings. The molecule has 0 N–H and O–H groups in total. The number of hydrogen-bond donors (Lipinski definition) is 0. The fourth-order valence-electron chi connectivity index (χ4n) is 4.40. The Bertz CT molecular complexity index is 874. The normalized spacial score (nSPS) is 13.4. The summed E-state index contributed by atoms with van der Waals surface area (Å²) in [5.41, 5.74) is 4.62. The summed E-state index contributed by atoms with van der Waals surface area (Å²) in [5, 5.41) is 2.43. The minimum atomic E-state index is -1.53. The summed E-state index contributed by atoms with van der Waals surface area (Å²) in [6.07, 6.45) is 0. The molecule has 2 aromatic carbocycles. The molecule has 0 aliphatic carbocycles. The Morgan fingerprint density at radius 2 is 0.706 bits per heavy atom. The molecule has 0 aromatic heterocycles. The Morgan fingerprint density at radius 1 is 0.500 bits per heavy atom. The van der Waals surface area contributed by atoms with E-state index in [1.807, 2.05) is 0 Å².